The van der Waals surface area contributed by atoms with Crippen molar-refractivity contribution in [3.8, 4) is 0 Å². The predicted molar refractivity (Wildman–Crippen MR) is 56.7 cm³/mol. The lowest BCUT2D eigenvalue weighted by Crippen LogP contribution is -2.48. The third-order valence-electron chi connectivity index (χ3n) is 4.10. The molecular formula is C12H18FNO2. The lowest BCUT2D eigenvalue weighted by atomic mass is 9.92. The Balaban J connectivity index is 1.65. The van der Waals surface area contributed by atoms with E-state index in [0.717, 1.165) is 12.8 Å². The van der Waals surface area contributed by atoms with E-state index in [4.69, 9.17) is 4.74 Å². The van der Waals surface area contributed by atoms with Gasteiger partial charge in [0.15, 0.2) is 5.67 Å². The molecule has 0 unspecified atom stereocenters. The number of amides is 1. The van der Waals surface area contributed by atoms with Crippen molar-refractivity contribution in [1.29, 1.82) is 0 Å². The third-order valence-corrected chi connectivity index (χ3v) is 4.10. The van der Waals surface area contributed by atoms with Gasteiger partial charge in [-0.25, -0.2) is 4.39 Å². The molecule has 0 bridgehead atoms. The van der Waals surface area contributed by atoms with Gasteiger partial charge in [-0.2, -0.15) is 0 Å². The zero-order chi connectivity index (χ0) is 11.3. The summed E-state index contributed by atoms with van der Waals surface area (Å²) in [6.07, 6.45) is 3.33. The van der Waals surface area contributed by atoms with Gasteiger partial charge in [0.25, 0.3) is 5.91 Å². The van der Waals surface area contributed by atoms with Crippen LogP contribution in [0.2, 0.25) is 0 Å². The molecule has 3 fully saturated rings. The van der Waals surface area contributed by atoms with Crippen molar-refractivity contribution < 1.29 is 13.9 Å². The van der Waals surface area contributed by atoms with Gasteiger partial charge in [-0.3, -0.25) is 4.79 Å². The minimum Gasteiger partial charge on any atom is -0.373 e. The Morgan fingerprint density at radius 1 is 1.50 bits per heavy atom. The number of ether oxygens (including phenoxy) is 1. The van der Waals surface area contributed by atoms with Gasteiger partial charge in [0.05, 0.1) is 12.2 Å². The number of carbonyl (C=O) groups excluding carboxylic acids is 1. The fourth-order valence-electron chi connectivity index (χ4n) is 2.96. The number of nitrogens with zero attached hydrogens (tertiary/aromatic N) is 1. The van der Waals surface area contributed by atoms with Crippen LogP contribution in [-0.4, -0.2) is 41.8 Å². The van der Waals surface area contributed by atoms with Crippen LogP contribution in [0.15, 0.2) is 0 Å². The first kappa shape index (κ1) is 10.5. The number of hydrogen-bond acceptors (Lipinski definition) is 2. The molecule has 0 aromatic carbocycles. The van der Waals surface area contributed by atoms with Crippen molar-refractivity contribution in [2.45, 2.75) is 50.5 Å². The Bertz CT molecular complexity index is 316. The van der Waals surface area contributed by atoms with Crippen LogP contribution >= 0.6 is 0 Å². The highest BCUT2D eigenvalue weighted by Crippen LogP contribution is 2.43. The largest absolute Gasteiger partial charge is 0.373 e. The Morgan fingerprint density at radius 2 is 2.25 bits per heavy atom. The standard InChI is InChI=1S/C12H18FNO2/c1-8-6-9-2-5-14(7-10(9)16-8)11(15)12(13)3-4-12/h8-10H,2-7H2,1H3/t8-,9+,10-/m1/s1. The van der Waals surface area contributed by atoms with E-state index in [1.807, 2.05) is 0 Å². The second-order valence-electron chi connectivity index (χ2n) is 5.49. The molecular weight excluding hydrogens is 209 g/mol. The Labute approximate surface area is 94.9 Å². The summed E-state index contributed by atoms with van der Waals surface area (Å²) in [6, 6.07) is 0. The monoisotopic (exact) mass is 227 g/mol. The van der Waals surface area contributed by atoms with Crippen molar-refractivity contribution in [2.75, 3.05) is 13.1 Å². The van der Waals surface area contributed by atoms with E-state index in [9.17, 15) is 9.18 Å². The van der Waals surface area contributed by atoms with E-state index in [0.29, 0.717) is 38.0 Å². The molecule has 2 aliphatic heterocycles. The number of rotatable bonds is 1. The number of alkyl halides is 1. The summed E-state index contributed by atoms with van der Waals surface area (Å²) in [4.78, 5) is 13.5. The Morgan fingerprint density at radius 3 is 2.94 bits per heavy atom. The van der Waals surface area contributed by atoms with Crippen LogP contribution in [0.3, 0.4) is 0 Å². The smallest absolute Gasteiger partial charge is 0.260 e. The molecule has 16 heavy (non-hydrogen) atoms. The number of hydrogen-bond donors (Lipinski definition) is 0. The molecule has 0 aromatic rings. The van der Waals surface area contributed by atoms with Crippen molar-refractivity contribution in [3.63, 3.8) is 0 Å². The summed E-state index contributed by atoms with van der Waals surface area (Å²) in [5, 5.41) is 0. The normalized spacial score (nSPS) is 40.6. The van der Waals surface area contributed by atoms with E-state index in [-0.39, 0.29) is 12.0 Å². The number of fused-ring (bicyclic) bond motifs is 1. The highest BCUT2D eigenvalue weighted by atomic mass is 19.1. The lowest BCUT2D eigenvalue weighted by molar-refractivity contribution is -0.142. The molecule has 3 atom stereocenters. The first-order valence-electron chi connectivity index (χ1n) is 6.22. The zero-order valence-corrected chi connectivity index (χ0v) is 9.62. The van der Waals surface area contributed by atoms with E-state index in [1.165, 1.54) is 0 Å². The molecule has 90 valence electrons. The number of carbonyl (C=O) groups is 1. The van der Waals surface area contributed by atoms with Crippen LogP contribution in [0.25, 0.3) is 0 Å². The molecule has 2 saturated heterocycles. The maximum atomic E-state index is 13.7. The third kappa shape index (κ3) is 1.63. The van der Waals surface area contributed by atoms with Crippen LogP contribution in [0.4, 0.5) is 4.39 Å². The Hall–Kier alpha value is -0.640. The Kier molecular flexibility index (Phi) is 2.25. The second kappa shape index (κ2) is 3.42. The van der Waals surface area contributed by atoms with Crippen molar-refractivity contribution in [2.24, 2.45) is 5.92 Å². The first-order chi connectivity index (χ1) is 7.58. The summed E-state index contributed by atoms with van der Waals surface area (Å²) in [5.41, 5.74) is -1.52. The van der Waals surface area contributed by atoms with Crippen LogP contribution in [-0.2, 0) is 9.53 Å². The average molecular weight is 227 g/mol. The van der Waals surface area contributed by atoms with Crippen molar-refractivity contribution in [3.05, 3.63) is 0 Å². The summed E-state index contributed by atoms with van der Waals surface area (Å²) in [7, 11) is 0. The molecule has 1 saturated carbocycles. The number of halogens is 1. The first-order valence-corrected chi connectivity index (χ1v) is 6.22. The maximum Gasteiger partial charge on any atom is 0.260 e. The molecule has 3 aliphatic rings. The molecule has 0 aromatic heterocycles. The van der Waals surface area contributed by atoms with E-state index in [2.05, 4.69) is 6.92 Å². The van der Waals surface area contributed by atoms with E-state index >= 15 is 0 Å². The highest BCUT2D eigenvalue weighted by Gasteiger charge is 2.54. The van der Waals surface area contributed by atoms with Crippen molar-refractivity contribution >= 4 is 5.91 Å². The molecule has 1 amide bonds. The fourth-order valence-corrected chi connectivity index (χ4v) is 2.96. The van der Waals surface area contributed by atoms with Gasteiger partial charge in [-0.15, -0.1) is 0 Å². The topological polar surface area (TPSA) is 29.5 Å². The summed E-state index contributed by atoms with van der Waals surface area (Å²) >= 11 is 0. The maximum absolute atomic E-state index is 13.7. The summed E-state index contributed by atoms with van der Waals surface area (Å²) < 4.78 is 19.4. The molecule has 2 heterocycles. The molecule has 0 N–H and O–H groups in total. The lowest BCUT2D eigenvalue weighted by Gasteiger charge is -2.34. The molecule has 0 radical (unpaired) electrons. The minimum atomic E-state index is -1.52. The molecule has 1 aliphatic carbocycles. The van der Waals surface area contributed by atoms with Gasteiger partial charge in [-0.05, 0) is 38.5 Å². The average Bonchev–Trinajstić information content (AvgIpc) is 2.89. The summed E-state index contributed by atoms with van der Waals surface area (Å²) in [5.74, 6) is 0.280. The van der Waals surface area contributed by atoms with Gasteiger partial charge in [-0.1, -0.05) is 0 Å². The number of piperidine rings is 1. The minimum absolute atomic E-state index is 0.148. The van der Waals surface area contributed by atoms with Crippen molar-refractivity contribution in [1.82, 2.24) is 4.90 Å². The van der Waals surface area contributed by atoms with Crippen LogP contribution in [0.5, 0.6) is 0 Å². The molecule has 3 nitrogen and oxygen atoms in total. The van der Waals surface area contributed by atoms with Gasteiger partial charge in [0.2, 0.25) is 0 Å². The summed E-state index contributed by atoms with van der Waals surface area (Å²) in [6.45, 7) is 3.38. The van der Waals surface area contributed by atoms with Crippen LogP contribution in [0.1, 0.15) is 32.6 Å². The SMILES string of the molecule is C[C@@H]1C[C@@H]2CCN(C(=O)C3(F)CC3)C[C@H]2O1. The van der Waals surface area contributed by atoms with Gasteiger partial charge in [0.1, 0.15) is 0 Å². The second-order valence-corrected chi connectivity index (χ2v) is 5.49. The van der Waals surface area contributed by atoms with Gasteiger partial charge >= 0.3 is 0 Å². The van der Waals surface area contributed by atoms with Crippen LogP contribution in [0, 0.1) is 5.92 Å². The van der Waals surface area contributed by atoms with Crippen LogP contribution < -0.4 is 0 Å². The number of likely N-dealkylation sites (tertiary alicyclic amines) is 1. The molecule has 4 heteroatoms. The zero-order valence-electron chi connectivity index (χ0n) is 9.62. The molecule has 3 rings (SSSR count). The van der Waals surface area contributed by atoms with E-state index in [1.54, 1.807) is 4.90 Å². The fraction of sp³-hybridized carbons (Fsp3) is 0.917. The quantitative estimate of drug-likeness (QED) is 0.679. The van der Waals surface area contributed by atoms with Gasteiger partial charge < -0.3 is 9.64 Å². The van der Waals surface area contributed by atoms with Gasteiger partial charge in [0, 0.05) is 13.1 Å². The molecule has 0 spiro atoms. The highest BCUT2D eigenvalue weighted by molar-refractivity contribution is 5.88. The predicted octanol–water partition coefficient (Wildman–Crippen LogP) is 1.51. The van der Waals surface area contributed by atoms with E-state index < -0.39 is 5.67 Å².